The minimum Gasteiger partial charge on any atom is -0.480 e. The van der Waals surface area contributed by atoms with Gasteiger partial charge in [0.05, 0.1) is 6.33 Å². The molecule has 2 aromatic carbocycles. The third-order valence-electron chi connectivity index (χ3n) is 3.87. The predicted octanol–water partition coefficient (Wildman–Crippen LogP) is 3.01. The van der Waals surface area contributed by atoms with Crippen molar-refractivity contribution >= 4 is 16.7 Å². The number of hydrogen-bond donors (Lipinski definition) is 1. The SMILES string of the molecule is CC(Oc1cccc2ccccc12)C(=O)NCCCn1ccnc1. The molecule has 1 aromatic heterocycles. The fraction of sp³-hybridized carbons (Fsp3) is 0.263. The molecule has 5 nitrogen and oxygen atoms in total. The molecule has 1 amide bonds. The lowest BCUT2D eigenvalue weighted by atomic mass is 10.1. The second-order valence-corrected chi connectivity index (χ2v) is 5.68. The van der Waals surface area contributed by atoms with E-state index < -0.39 is 6.10 Å². The lowest BCUT2D eigenvalue weighted by molar-refractivity contribution is -0.127. The summed E-state index contributed by atoms with van der Waals surface area (Å²) in [4.78, 5) is 16.2. The van der Waals surface area contributed by atoms with Gasteiger partial charge in [-0.15, -0.1) is 0 Å². The van der Waals surface area contributed by atoms with Crippen molar-refractivity contribution in [1.82, 2.24) is 14.9 Å². The lowest BCUT2D eigenvalue weighted by Gasteiger charge is -2.16. The number of carbonyl (C=O) groups is 1. The fourth-order valence-corrected chi connectivity index (χ4v) is 2.58. The fourth-order valence-electron chi connectivity index (χ4n) is 2.58. The van der Waals surface area contributed by atoms with E-state index in [1.54, 1.807) is 19.4 Å². The Morgan fingerprint density at radius 3 is 2.92 bits per heavy atom. The zero-order valence-corrected chi connectivity index (χ0v) is 13.7. The Hall–Kier alpha value is -2.82. The number of hydrogen-bond acceptors (Lipinski definition) is 3. The van der Waals surface area contributed by atoms with Gasteiger partial charge in [-0.2, -0.15) is 0 Å². The van der Waals surface area contributed by atoms with Gasteiger partial charge in [-0.25, -0.2) is 4.98 Å². The van der Waals surface area contributed by atoms with Gasteiger partial charge >= 0.3 is 0 Å². The van der Waals surface area contributed by atoms with Gasteiger partial charge in [0.25, 0.3) is 5.91 Å². The van der Waals surface area contributed by atoms with Crippen molar-refractivity contribution in [3.63, 3.8) is 0 Å². The number of rotatable bonds is 7. The normalized spacial score (nSPS) is 12.0. The average molecular weight is 323 g/mol. The average Bonchev–Trinajstić information content (AvgIpc) is 3.12. The van der Waals surface area contributed by atoms with E-state index in [4.69, 9.17) is 4.74 Å². The van der Waals surface area contributed by atoms with Gasteiger partial charge in [0.15, 0.2) is 6.10 Å². The molecule has 0 fully saturated rings. The van der Waals surface area contributed by atoms with Crippen molar-refractivity contribution in [2.45, 2.75) is 26.0 Å². The summed E-state index contributed by atoms with van der Waals surface area (Å²) < 4.78 is 7.85. The number of aromatic nitrogens is 2. The molecule has 1 unspecified atom stereocenters. The monoisotopic (exact) mass is 323 g/mol. The molecule has 0 bridgehead atoms. The highest BCUT2D eigenvalue weighted by Gasteiger charge is 2.15. The summed E-state index contributed by atoms with van der Waals surface area (Å²) in [6, 6.07) is 13.9. The first kappa shape index (κ1) is 16.1. The van der Waals surface area contributed by atoms with Crippen LogP contribution < -0.4 is 10.1 Å². The van der Waals surface area contributed by atoms with Crippen LogP contribution in [0.25, 0.3) is 10.8 Å². The maximum absolute atomic E-state index is 12.2. The topological polar surface area (TPSA) is 56.1 Å². The summed E-state index contributed by atoms with van der Waals surface area (Å²) in [7, 11) is 0. The zero-order valence-electron chi connectivity index (χ0n) is 13.7. The van der Waals surface area contributed by atoms with Crippen LogP contribution in [0.3, 0.4) is 0 Å². The number of fused-ring (bicyclic) bond motifs is 1. The van der Waals surface area contributed by atoms with Gasteiger partial charge in [0.1, 0.15) is 5.75 Å². The van der Waals surface area contributed by atoms with E-state index >= 15 is 0 Å². The van der Waals surface area contributed by atoms with Crippen LogP contribution in [0.2, 0.25) is 0 Å². The quantitative estimate of drug-likeness (QED) is 0.680. The van der Waals surface area contributed by atoms with Crippen LogP contribution >= 0.6 is 0 Å². The summed E-state index contributed by atoms with van der Waals surface area (Å²) in [5, 5.41) is 5.03. The molecule has 0 saturated carbocycles. The summed E-state index contributed by atoms with van der Waals surface area (Å²) in [5.41, 5.74) is 0. The number of carbonyl (C=O) groups excluding carboxylic acids is 1. The second-order valence-electron chi connectivity index (χ2n) is 5.68. The molecule has 0 radical (unpaired) electrons. The molecule has 0 aliphatic rings. The molecule has 1 heterocycles. The van der Waals surface area contributed by atoms with Crippen LogP contribution in [0.1, 0.15) is 13.3 Å². The summed E-state index contributed by atoms with van der Waals surface area (Å²) >= 11 is 0. The number of aryl methyl sites for hydroxylation is 1. The minimum absolute atomic E-state index is 0.103. The Kier molecular flexibility index (Phi) is 5.11. The van der Waals surface area contributed by atoms with Crippen molar-refractivity contribution in [1.29, 1.82) is 0 Å². The molecule has 24 heavy (non-hydrogen) atoms. The molecule has 3 rings (SSSR count). The number of nitrogens with zero attached hydrogens (tertiary/aromatic N) is 2. The van der Waals surface area contributed by atoms with Crippen LogP contribution in [0, 0.1) is 0 Å². The van der Waals surface area contributed by atoms with Crippen LogP contribution in [0.4, 0.5) is 0 Å². The third-order valence-corrected chi connectivity index (χ3v) is 3.87. The first-order valence-electron chi connectivity index (χ1n) is 8.12. The van der Waals surface area contributed by atoms with Crippen LogP contribution in [0.5, 0.6) is 5.75 Å². The first-order valence-corrected chi connectivity index (χ1v) is 8.12. The van der Waals surface area contributed by atoms with Crippen molar-refractivity contribution in [2.24, 2.45) is 0 Å². The van der Waals surface area contributed by atoms with E-state index in [2.05, 4.69) is 10.3 Å². The number of nitrogens with one attached hydrogen (secondary N) is 1. The van der Waals surface area contributed by atoms with E-state index in [1.807, 2.05) is 53.2 Å². The number of amides is 1. The van der Waals surface area contributed by atoms with Gasteiger partial charge in [-0.3, -0.25) is 4.79 Å². The van der Waals surface area contributed by atoms with Gasteiger partial charge in [0.2, 0.25) is 0 Å². The molecular weight excluding hydrogens is 302 g/mol. The molecule has 0 spiro atoms. The Bertz CT molecular complexity index is 794. The van der Waals surface area contributed by atoms with Crippen molar-refractivity contribution in [2.75, 3.05) is 6.54 Å². The standard InChI is InChI=1S/C19H21N3O2/c1-15(19(23)21-10-5-12-22-13-11-20-14-22)24-18-9-4-7-16-6-2-3-8-17(16)18/h2-4,6-9,11,13-15H,5,10,12H2,1H3,(H,21,23). The first-order chi connectivity index (χ1) is 11.7. The van der Waals surface area contributed by atoms with E-state index in [-0.39, 0.29) is 5.91 Å². The van der Waals surface area contributed by atoms with Gasteiger partial charge in [0, 0.05) is 30.9 Å². The number of imidazole rings is 1. The van der Waals surface area contributed by atoms with E-state index in [9.17, 15) is 4.79 Å². The molecule has 3 aromatic rings. The molecule has 124 valence electrons. The smallest absolute Gasteiger partial charge is 0.260 e. The molecule has 5 heteroatoms. The highest BCUT2D eigenvalue weighted by molar-refractivity contribution is 5.89. The number of benzene rings is 2. The number of ether oxygens (including phenoxy) is 1. The highest BCUT2D eigenvalue weighted by Crippen LogP contribution is 2.25. The molecule has 0 aliphatic carbocycles. The molecule has 0 saturated heterocycles. The Morgan fingerprint density at radius 2 is 2.08 bits per heavy atom. The van der Waals surface area contributed by atoms with Gasteiger partial charge < -0.3 is 14.6 Å². The van der Waals surface area contributed by atoms with Gasteiger partial charge in [-0.1, -0.05) is 36.4 Å². The van der Waals surface area contributed by atoms with Crippen LogP contribution in [0.15, 0.2) is 61.2 Å². The third kappa shape index (κ3) is 3.93. The summed E-state index contributed by atoms with van der Waals surface area (Å²) in [6.45, 7) is 3.21. The van der Waals surface area contributed by atoms with Crippen LogP contribution in [-0.2, 0) is 11.3 Å². The highest BCUT2D eigenvalue weighted by atomic mass is 16.5. The second kappa shape index (κ2) is 7.64. The maximum atomic E-state index is 12.2. The predicted molar refractivity (Wildman–Crippen MR) is 93.9 cm³/mol. The maximum Gasteiger partial charge on any atom is 0.260 e. The largest absolute Gasteiger partial charge is 0.480 e. The van der Waals surface area contributed by atoms with E-state index in [0.717, 1.165) is 29.5 Å². The van der Waals surface area contributed by atoms with Crippen molar-refractivity contribution in [3.05, 3.63) is 61.2 Å². The zero-order chi connectivity index (χ0) is 16.8. The molecule has 0 aliphatic heterocycles. The van der Waals surface area contributed by atoms with E-state index in [0.29, 0.717) is 6.54 Å². The van der Waals surface area contributed by atoms with Gasteiger partial charge in [-0.05, 0) is 24.8 Å². The lowest BCUT2D eigenvalue weighted by Crippen LogP contribution is -2.37. The molecule has 1 atom stereocenters. The Labute approximate surface area is 141 Å². The molecule has 1 N–H and O–H groups in total. The Morgan fingerprint density at radius 1 is 1.25 bits per heavy atom. The summed E-state index contributed by atoms with van der Waals surface area (Å²) in [6.07, 6.45) is 5.74. The molecular formula is C19H21N3O2. The van der Waals surface area contributed by atoms with Crippen molar-refractivity contribution < 1.29 is 9.53 Å². The van der Waals surface area contributed by atoms with E-state index in [1.165, 1.54) is 0 Å². The van der Waals surface area contributed by atoms with Crippen molar-refractivity contribution in [3.8, 4) is 5.75 Å². The minimum atomic E-state index is -0.538. The van der Waals surface area contributed by atoms with Crippen LogP contribution in [-0.4, -0.2) is 28.1 Å². The Balaban J connectivity index is 1.52. The summed E-state index contributed by atoms with van der Waals surface area (Å²) in [5.74, 6) is 0.628.